The van der Waals surface area contributed by atoms with Crippen LogP contribution < -0.4 is 0 Å². The lowest BCUT2D eigenvalue weighted by Gasteiger charge is -2.42. The Morgan fingerprint density at radius 2 is 2.03 bits per heavy atom. The zero-order chi connectivity index (χ0) is 27.0. The molecular weight excluding hydrogens is 485 g/mol. The molecule has 1 N–H and O–H groups in total. The normalized spacial score (nSPS) is 21.0. The van der Waals surface area contributed by atoms with Crippen molar-refractivity contribution >= 4 is 5.97 Å². The number of nitrogens with zero attached hydrogens (tertiary/aromatic N) is 4. The van der Waals surface area contributed by atoms with Gasteiger partial charge in [-0.15, -0.1) is 0 Å². The van der Waals surface area contributed by atoms with E-state index in [4.69, 9.17) is 4.74 Å². The molecule has 198 valence electrons. The number of aryl methyl sites for hydroxylation is 2. The van der Waals surface area contributed by atoms with Crippen molar-refractivity contribution in [1.29, 1.82) is 5.26 Å². The maximum atomic E-state index is 14.8. The first kappa shape index (κ1) is 26.7. The number of carbonyl (C=O) groups excluding carboxylic acids is 1. The number of esters is 1. The van der Waals surface area contributed by atoms with E-state index < -0.39 is 35.1 Å². The molecule has 10 heteroatoms. The fraction of sp³-hybridized carbons (Fsp3) is 0.556. The number of benzene rings is 1. The van der Waals surface area contributed by atoms with Crippen molar-refractivity contribution in [3.05, 3.63) is 58.1 Å². The van der Waals surface area contributed by atoms with E-state index in [1.54, 1.807) is 26.0 Å². The molecule has 2 aromatic rings. The largest absolute Gasteiger partial charge is 0.512 e. The second-order valence-electron chi connectivity index (χ2n) is 10.6. The molecule has 1 aliphatic heterocycles. The molecule has 1 aliphatic carbocycles. The molecule has 0 spiro atoms. The number of alkyl halides is 2. The summed E-state index contributed by atoms with van der Waals surface area (Å²) in [6, 6.07) is 6.92. The van der Waals surface area contributed by atoms with Gasteiger partial charge in [0.25, 0.3) is 6.43 Å². The van der Waals surface area contributed by atoms with Gasteiger partial charge in [-0.25, -0.2) is 22.9 Å². The van der Waals surface area contributed by atoms with E-state index in [0.717, 1.165) is 25.7 Å². The monoisotopic (exact) mass is 516 g/mol. The minimum Gasteiger partial charge on any atom is -0.512 e. The van der Waals surface area contributed by atoms with Crippen LogP contribution in [0.5, 0.6) is 0 Å². The predicted molar refractivity (Wildman–Crippen MR) is 128 cm³/mol. The van der Waals surface area contributed by atoms with E-state index in [-0.39, 0.29) is 35.9 Å². The van der Waals surface area contributed by atoms with E-state index in [1.165, 1.54) is 17.8 Å². The number of ether oxygens (including phenoxy) is 1. The summed E-state index contributed by atoms with van der Waals surface area (Å²) in [5.41, 5.74) is -0.901. The maximum Gasteiger partial charge on any atom is 0.338 e. The topological polar surface area (TPSA) is 101 Å². The Bertz CT molecular complexity index is 1260. The first-order chi connectivity index (χ1) is 17.5. The van der Waals surface area contributed by atoms with Gasteiger partial charge in [0.05, 0.1) is 17.1 Å². The van der Waals surface area contributed by atoms with Gasteiger partial charge >= 0.3 is 5.97 Å². The standard InChI is InChI=1S/C27H31F3N4O3/c1-26(2,15-31)19-9-8-16(12-20(19)28)10-11-27(17-6-4-5-7-17)14-21(35)18(25(36)37-27)13-22-32-24(23(29)30)33-34(22)3/h8-9,12,17,23,35H,4-7,10-11,13-14H2,1-3H3. The van der Waals surface area contributed by atoms with Crippen LogP contribution in [0.3, 0.4) is 0 Å². The molecule has 1 fully saturated rings. The van der Waals surface area contributed by atoms with Crippen LogP contribution in [0, 0.1) is 23.1 Å². The Kier molecular flexibility index (Phi) is 7.36. The van der Waals surface area contributed by atoms with E-state index in [1.807, 2.05) is 0 Å². The molecule has 0 saturated heterocycles. The number of aromatic nitrogens is 3. The summed E-state index contributed by atoms with van der Waals surface area (Å²) in [5.74, 6) is -1.77. The number of hydrogen-bond acceptors (Lipinski definition) is 6. The van der Waals surface area contributed by atoms with Crippen molar-refractivity contribution in [2.45, 2.75) is 82.7 Å². The van der Waals surface area contributed by atoms with E-state index in [2.05, 4.69) is 16.2 Å². The number of cyclic esters (lactones) is 1. The van der Waals surface area contributed by atoms with Crippen LogP contribution in [0.4, 0.5) is 13.2 Å². The van der Waals surface area contributed by atoms with Gasteiger partial charge in [-0.05, 0) is 57.1 Å². The highest BCUT2D eigenvalue weighted by molar-refractivity contribution is 5.90. The maximum absolute atomic E-state index is 14.8. The molecular formula is C27H31F3N4O3. The SMILES string of the molecule is Cn1nc(C(F)F)nc1CC1=C(O)CC(CCc2ccc(C(C)(C)C#N)c(F)c2)(C2CCCC2)OC1=O. The predicted octanol–water partition coefficient (Wildman–Crippen LogP) is 5.56. The third kappa shape index (κ3) is 5.36. The smallest absolute Gasteiger partial charge is 0.338 e. The summed E-state index contributed by atoms with van der Waals surface area (Å²) in [7, 11) is 1.45. The van der Waals surface area contributed by atoms with Crippen LogP contribution in [-0.4, -0.2) is 31.4 Å². The molecule has 0 radical (unpaired) electrons. The number of hydrogen-bond donors (Lipinski definition) is 1. The van der Waals surface area contributed by atoms with Crippen molar-refractivity contribution in [3.63, 3.8) is 0 Å². The van der Waals surface area contributed by atoms with Gasteiger partial charge in [0.2, 0.25) is 5.82 Å². The van der Waals surface area contributed by atoms with Crippen LogP contribution in [0.25, 0.3) is 0 Å². The summed E-state index contributed by atoms with van der Waals surface area (Å²) < 4.78 is 48.0. The second-order valence-corrected chi connectivity index (χ2v) is 10.6. The van der Waals surface area contributed by atoms with Crippen LogP contribution >= 0.6 is 0 Å². The quantitative estimate of drug-likeness (QED) is 0.461. The molecule has 2 heterocycles. The molecule has 1 aromatic carbocycles. The van der Waals surface area contributed by atoms with Crippen LogP contribution in [0.15, 0.2) is 29.5 Å². The molecule has 1 atom stereocenters. The minimum atomic E-state index is -2.85. The average Bonchev–Trinajstić information content (AvgIpc) is 3.51. The van der Waals surface area contributed by atoms with Crippen LogP contribution in [0.2, 0.25) is 0 Å². The summed E-state index contributed by atoms with van der Waals surface area (Å²) in [6.07, 6.45) is 1.55. The van der Waals surface area contributed by atoms with Crippen molar-refractivity contribution in [1.82, 2.24) is 14.8 Å². The van der Waals surface area contributed by atoms with Crippen molar-refractivity contribution in [2.24, 2.45) is 13.0 Å². The van der Waals surface area contributed by atoms with Gasteiger partial charge in [-0.1, -0.05) is 25.0 Å². The molecule has 1 aromatic heterocycles. The van der Waals surface area contributed by atoms with Gasteiger partial charge in [0.15, 0.2) is 0 Å². The van der Waals surface area contributed by atoms with Gasteiger partial charge in [-0.2, -0.15) is 10.4 Å². The Balaban J connectivity index is 1.57. The van der Waals surface area contributed by atoms with Crippen molar-refractivity contribution in [2.75, 3.05) is 0 Å². The summed E-state index contributed by atoms with van der Waals surface area (Å²) >= 11 is 0. The average molecular weight is 517 g/mol. The first-order valence-corrected chi connectivity index (χ1v) is 12.5. The highest BCUT2D eigenvalue weighted by atomic mass is 19.3. The van der Waals surface area contributed by atoms with Gasteiger partial charge in [0, 0.05) is 25.5 Å². The van der Waals surface area contributed by atoms with Gasteiger partial charge in [-0.3, -0.25) is 4.68 Å². The molecule has 7 nitrogen and oxygen atoms in total. The van der Waals surface area contributed by atoms with E-state index >= 15 is 0 Å². The third-order valence-electron chi connectivity index (χ3n) is 7.68. The van der Waals surface area contributed by atoms with Gasteiger partial charge in [0.1, 0.15) is 23.0 Å². The lowest BCUT2D eigenvalue weighted by Crippen LogP contribution is -2.46. The lowest BCUT2D eigenvalue weighted by atomic mass is 9.76. The van der Waals surface area contributed by atoms with Crippen LogP contribution in [0.1, 0.15) is 81.6 Å². The number of aliphatic hydroxyl groups excluding tert-OH is 1. The lowest BCUT2D eigenvalue weighted by molar-refractivity contribution is -0.167. The number of nitriles is 1. The Hall–Kier alpha value is -3.35. The van der Waals surface area contributed by atoms with Crippen molar-refractivity contribution in [3.8, 4) is 6.07 Å². The third-order valence-corrected chi connectivity index (χ3v) is 7.68. The number of aliphatic hydroxyl groups is 1. The Morgan fingerprint density at radius 1 is 1.32 bits per heavy atom. The minimum absolute atomic E-state index is 0.0147. The molecule has 4 rings (SSSR count). The number of halogens is 3. The molecule has 37 heavy (non-hydrogen) atoms. The first-order valence-electron chi connectivity index (χ1n) is 12.5. The highest BCUT2D eigenvalue weighted by Crippen LogP contribution is 2.46. The van der Waals surface area contributed by atoms with Crippen molar-refractivity contribution < 1.29 is 27.8 Å². The zero-order valence-electron chi connectivity index (χ0n) is 21.2. The fourth-order valence-corrected chi connectivity index (χ4v) is 5.47. The Labute approximate surface area is 214 Å². The highest BCUT2D eigenvalue weighted by Gasteiger charge is 2.48. The molecule has 1 unspecified atom stereocenters. The fourth-order valence-electron chi connectivity index (χ4n) is 5.47. The summed E-state index contributed by atoms with van der Waals surface area (Å²) in [6.45, 7) is 3.31. The van der Waals surface area contributed by atoms with Crippen LogP contribution in [-0.2, 0) is 34.8 Å². The molecule has 2 aliphatic rings. The molecule has 0 amide bonds. The Morgan fingerprint density at radius 3 is 2.59 bits per heavy atom. The summed E-state index contributed by atoms with van der Waals surface area (Å²) in [5, 5.41) is 24.0. The second kappa shape index (κ2) is 10.2. The number of rotatable bonds is 8. The molecule has 1 saturated carbocycles. The van der Waals surface area contributed by atoms with Gasteiger partial charge < -0.3 is 9.84 Å². The summed E-state index contributed by atoms with van der Waals surface area (Å²) in [4.78, 5) is 16.9. The molecule has 0 bridgehead atoms. The zero-order valence-corrected chi connectivity index (χ0v) is 21.2. The van der Waals surface area contributed by atoms with E-state index in [0.29, 0.717) is 24.0 Å². The van der Waals surface area contributed by atoms with E-state index in [9.17, 15) is 28.3 Å². The number of carbonyl (C=O) groups is 1.